The van der Waals surface area contributed by atoms with Crippen molar-refractivity contribution >= 4 is 0 Å². The Hall–Kier alpha value is -1.73. The highest BCUT2D eigenvalue weighted by Gasteiger charge is 2.32. The van der Waals surface area contributed by atoms with Crippen molar-refractivity contribution in [3.8, 4) is 11.5 Å². The van der Waals surface area contributed by atoms with Crippen LogP contribution in [0.2, 0.25) is 0 Å². The molecule has 1 aliphatic heterocycles. The summed E-state index contributed by atoms with van der Waals surface area (Å²) in [6, 6.07) is 3.47. The number of piperazine rings is 1. The SMILES string of the molecule is C=CCC[C@H](c1cc(OC(F)(F)F)ccc1O)N1CCNCC1. The highest BCUT2D eigenvalue weighted by molar-refractivity contribution is 5.41. The van der Waals surface area contributed by atoms with E-state index < -0.39 is 6.36 Å². The summed E-state index contributed by atoms with van der Waals surface area (Å²) in [5.74, 6) is -0.337. The largest absolute Gasteiger partial charge is 0.573 e. The molecule has 0 spiro atoms. The predicted molar refractivity (Wildman–Crippen MR) is 81.4 cm³/mol. The topological polar surface area (TPSA) is 44.7 Å². The lowest BCUT2D eigenvalue weighted by Gasteiger charge is -2.35. The average molecular weight is 330 g/mol. The van der Waals surface area contributed by atoms with Gasteiger partial charge in [0.2, 0.25) is 0 Å². The van der Waals surface area contributed by atoms with Crippen LogP contribution in [0, 0.1) is 0 Å². The lowest BCUT2D eigenvalue weighted by Crippen LogP contribution is -2.45. The zero-order valence-electron chi connectivity index (χ0n) is 12.8. The number of alkyl halides is 3. The number of benzene rings is 1. The van der Waals surface area contributed by atoms with Gasteiger partial charge in [0.25, 0.3) is 0 Å². The van der Waals surface area contributed by atoms with Gasteiger partial charge < -0.3 is 15.2 Å². The first-order valence-corrected chi connectivity index (χ1v) is 7.55. The maximum atomic E-state index is 12.4. The first kappa shape index (κ1) is 17.6. The van der Waals surface area contributed by atoms with Gasteiger partial charge in [-0.2, -0.15) is 0 Å². The van der Waals surface area contributed by atoms with E-state index in [-0.39, 0.29) is 17.5 Å². The summed E-state index contributed by atoms with van der Waals surface area (Å²) in [7, 11) is 0. The number of phenolic OH excluding ortho intramolecular Hbond substituents is 1. The maximum Gasteiger partial charge on any atom is 0.573 e. The monoisotopic (exact) mass is 330 g/mol. The van der Waals surface area contributed by atoms with Gasteiger partial charge in [-0.05, 0) is 31.0 Å². The minimum atomic E-state index is -4.75. The molecule has 0 bridgehead atoms. The summed E-state index contributed by atoms with van der Waals surface area (Å²) in [5, 5.41) is 13.4. The lowest BCUT2D eigenvalue weighted by atomic mass is 9.98. The molecular weight excluding hydrogens is 309 g/mol. The van der Waals surface area contributed by atoms with Crippen molar-refractivity contribution < 1.29 is 23.0 Å². The minimum absolute atomic E-state index is 0.0212. The number of nitrogens with one attached hydrogen (secondary N) is 1. The van der Waals surface area contributed by atoms with Crippen LogP contribution < -0.4 is 10.1 Å². The highest BCUT2D eigenvalue weighted by atomic mass is 19.4. The number of hydrogen-bond acceptors (Lipinski definition) is 4. The lowest BCUT2D eigenvalue weighted by molar-refractivity contribution is -0.274. The van der Waals surface area contributed by atoms with Gasteiger partial charge in [-0.25, -0.2) is 0 Å². The third kappa shape index (κ3) is 5.14. The molecule has 0 saturated carbocycles. The second kappa shape index (κ2) is 7.70. The molecule has 1 aliphatic rings. The molecule has 1 fully saturated rings. The number of ether oxygens (including phenoxy) is 1. The number of hydrogen-bond donors (Lipinski definition) is 2. The minimum Gasteiger partial charge on any atom is -0.508 e. The molecule has 7 heteroatoms. The molecule has 23 heavy (non-hydrogen) atoms. The smallest absolute Gasteiger partial charge is 0.508 e. The number of phenols is 1. The van der Waals surface area contributed by atoms with E-state index >= 15 is 0 Å². The molecule has 1 atom stereocenters. The van der Waals surface area contributed by atoms with Crippen LogP contribution in [0.1, 0.15) is 24.4 Å². The third-order valence-corrected chi connectivity index (χ3v) is 3.83. The van der Waals surface area contributed by atoms with Crippen molar-refractivity contribution in [2.75, 3.05) is 26.2 Å². The Morgan fingerprint density at radius 2 is 2.04 bits per heavy atom. The van der Waals surface area contributed by atoms with Crippen LogP contribution in [0.5, 0.6) is 11.5 Å². The first-order valence-electron chi connectivity index (χ1n) is 7.55. The number of halogens is 3. The maximum absolute atomic E-state index is 12.4. The van der Waals surface area contributed by atoms with E-state index in [9.17, 15) is 18.3 Å². The van der Waals surface area contributed by atoms with Crippen molar-refractivity contribution in [3.05, 3.63) is 36.4 Å². The van der Waals surface area contributed by atoms with Crippen LogP contribution in [0.25, 0.3) is 0 Å². The zero-order valence-corrected chi connectivity index (χ0v) is 12.8. The molecule has 1 saturated heterocycles. The molecule has 0 unspecified atom stereocenters. The summed E-state index contributed by atoms with van der Waals surface area (Å²) < 4.78 is 41.2. The summed E-state index contributed by atoms with van der Waals surface area (Å²) in [6.45, 7) is 6.85. The summed E-state index contributed by atoms with van der Waals surface area (Å²) in [5.41, 5.74) is 0.454. The standard InChI is InChI=1S/C16H21F3N2O2/c1-2-3-4-14(21-9-7-20-8-10-21)13-11-12(5-6-15(13)22)23-16(17,18)19/h2,5-6,11,14,20,22H,1,3-4,7-10H2/t14-/m1/s1. The van der Waals surface area contributed by atoms with Gasteiger partial charge in [0.1, 0.15) is 11.5 Å². The molecule has 0 aliphatic carbocycles. The van der Waals surface area contributed by atoms with Crippen LogP contribution in [-0.4, -0.2) is 42.5 Å². The van der Waals surface area contributed by atoms with Crippen molar-refractivity contribution in [2.24, 2.45) is 0 Å². The van der Waals surface area contributed by atoms with E-state index in [1.54, 1.807) is 6.08 Å². The summed E-state index contributed by atoms with van der Waals surface area (Å²) in [4.78, 5) is 2.16. The number of aromatic hydroxyl groups is 1. The van der Waals surface area contributed by atoms with Crippen LogP contribution in [-0.2, 0) is 0 Å². The van der Waals surface area contributed by atoms with Gasteiger partial charge >= 0.3 is 6.36 Å². The summed E-state index contributed by atoms with van der Waals surface area (Å²) in [6.07, 6.45) is -1.60. The molecule has 2 N–H and O–H groups in total. The number of allylic oxidation sites excluding steroid dienone is 1. The molecule has 0 aromatic heterocycles. The Morgan fingerprint density at radius 1 is 1.35 bits per heavy atom. The van der Waals surface area contributed by atoms with Crippen molar-refractivity contribution in [2.45, 2.75) is 25.2 Å². The number of nitrogens with zero attached hydrogens (tertiary/aromatic N) is 1. The van der Waals surface area contributed by atoms with Gasteiger partial charge in [0.05, 0.1) is 0 Å². The molecule has 1 aromatic rings. The van der Waals surface area contributed by atoms with Crippen LogP contribution in [0.4, 0.5) is 13.2 Å². The number of rotatable bonds is 6. The Balaban J connectivity index is 2.28. The van der Waals surface area contributed by atoms with Crippen LogP contribution >= 0.6 is 0 Å². The van der Waals surface area contributed by atoms with E-state index in [0.29, 0.717) is 18.4 Å². The van der Waals surface area contributed by atoms with Gasteiger partial charge in [-0.1, -0.05) is 6.08 Å². The molecule has 0 amide bonds. The highest BCUT2D eigenvalue weighted by Crippen LogP contribution is 2.36. The Labute approximate surface area is 133 Å². The molecule has 4 nitrogen and oxygen atoms in total. The van der Waals surface area contributed by atoms with E-state index in [2.05, 4.69) is 21.5 Å². The zero-order chi connectivity index (χ0) is 16.9. The molecule has 1 heterocycles. The third-order valence-electron chi connectivity index (χ3n) is 3.83. The fourth-order valence-corrected chi connectivity index (χ4v) is 2.80. The second-order valence-corrected chi connectivity index (χ2v) is 5.44. The molecule has 0 radical (unpaired) electrons. The average Bonchev–Trinajstić information content (AvgIpc) is 2.50. The Bertz CT molecular complexity index is 529. The molecule has 2 rings (SSSR count). The second-order valence-electron chi connectivity index (χ2n) is 5.44. The van der Waals surface area contributed by atoms with Gasteiger partial charge in [0, 0.05) is 37.8 Å². The summed E-state index contributed by atoms with van der Waals surface area (Å²) >= 11 is 0. The quantitative estimate of drug-likeness (QED) is 0.786. The van der Waals surface area contributed by atoms with Crippen LogP contribution in [0.15, 0.2) is 30.9 Å². The van der Waals surface area contributed by atoms with Crippen molar-refractivity contribution in [1.82, 2.24) is 10.2 Å². The normalized spacial score (nSPS) is 17.7. The van der Waals surface area contributed by atoms with Crippen molar-refractivity contribution in [1.29, 1.82) is 0 Å². The molecule has 128 valence electrons. The molecule has 1 aromatic carbocycles. The predicted octanol–water partition coefficient (Wildman–Crippen LogP) is 3.20. The van der Waals surface area contributed by atoms with Crippen LogP contribution in [0.3, 0.4) is 0 Å². The van der Waals surface area contributed by atoms with E-state index in [1.165, 1.54) is 12.1 Å². The fourth-order valence-electron chi connectivity index (χ4n) is 2.80. The van der Waals surface area contributed by atoms with Gasteiger partial charge in [-0.15, -0.1) is 19.8 Å². The van der Waals surface area contributed by atoms with E-state index in [4.69, 9.17) is 0 Å². The Morgan fingerprint density at radius 3 is 2.65 bits per heavy atom. The van der Waals surface area contributed by atoms with E-state index in [0.717, 1.165) is 32.2 Å². The molecular formula is C16H21F3N2O2. The Kier molecular flexibility index (Phi) is 5.90. The van der Waals surface area contributed by atoms with E-state index in [1.807, 2.05) is 0 Å². The van der Waals surface area contributed by atoms with Crippen molar-refractivity contribution in [3.63, 3.8) is 0 Å². The first-order chi connectivity index (χ1) is 10.9. The fraction of sp³-hybridized carbons (Fsp3) is 0.500. The van der Waals surface area contributed by atoms with Gasteiger partial charge in [0.15, 0.2) is 0 Å². The van der Waals surface area contributed by atoms with Gasteiger partial charge in [-0.3, -0.25) is 4.90 Å².